The molecule has 0 saturated heterocycles. The SMILES string of the molecule is CCCS(=O)(=O)CCN1C(=O)C(=O)c2ccccc21. The average Bonchev–Trinajstić information content (AvgIpc) is 2.61. The van der Waals surface area contributed by atoms with E-state index in [1.807, 2.05) is 0 Å². The standard InChI is InChI=1S/C13H15NO4S/c1-2-8-19(17,18)9-7-14-11-6-4-3-5-10(11)12(15)13(14)16/h3-6H,2,7-9H2,1H3. The Bertz CT molecular complexity index is 621. The Morgan fingerprint density at radius 3 is 2.47 bits per heavy atom. The van der Waals surface area contributed by atoms with Gasteiger partial charge < -0.3 is 4.90 Å². The van der Waals surface area contributed by atoms with Gasteiger partial charge in [0.05, 0.1) is 17.0 Å². The van der Waals surface area contributed by atoms with Gasteiger partial charge in [-0.25, -0.2) is 8.42 Å². The molecule has 0 spiro atoms. The van der Waals surface area contributed by atoms with Crippen LogP contribution in [0.25, 0.3) is 0 Å². The predicted molar refractivity (Wildman–Crippen MR) is 72.1 cm³/mol. The van der Waals surface area contributed by atoms with Gasteiger partial charge >= 0.3 is 0 Å². The summed E-state index contributed by atoms with van der Waals surface area (Å²) >= 11 is 0. The summed E-state index contributed by atoms with van der Waals surface area (Å²) in [6.07, 6.45) is 0.547. The van der Waals surface area contributed by atoms with Gasteiger partial charge in [-0.3, -0.25) is 9.59 Å². The molecule has 1 aliphatic rings. The summed E-state index contributed by atoms with van der Waals surface area (Å²) in [4.78, 5) is 24.8. The molecule has 0 unspecified atom stereocenters. The van der Waals surface area contributed by atoms with Crippen LogP contribution in [-0.4, -0.2) is 38.2 Å². The molecule has 1 aromatic rings. The van der Waals surface area contributed by atoms with Crippen LogP contribution >= 0.6 is 0 Å². The highest BCUT2D eigenvalue weighted by Crippen LogP contribution is 2.28. The van der Waals surface area contributed by atoms with Crippen molar-refractivity contribution in [3.63, 3.8) is 0 Å². The van der Waals surface area contributed by atoms with Crippen LogP contribution in [0.3, 0.4) is 0 Å². The van der Waals surface area contributed by atoms with E-state index in [1.165, 1.54) is 4.90 Å². The number of ketones is 1. The lowest BCUT2D eigenvalue weighted by Gasteiger charge is -2.16. The zero-order chi connectivity index (χ0) is 14.0. The van der Waals surface area contributed by atoms with E-state index in [4.69, 9.17) is 0 Å². The Hall–Kier alpha value is -1.69. The molecule has 102 valence electrons. The third-order valence-corrected chi connectivity index (χ3v) is 4.85. The van der Waals surface area contributed by atoms with Crippen molar-refractivity contribution < 1.29 is 18.0 Å². The summed E-state index contributed by atoms with van der Waals surface area (Å²) in [5.41, 5.74) is 0.851. The van der Waals surface area contributed by atoms with E-state index in [-0.39, 0.29) is 18.1 Å². The lowest BCUT2D eigenvalue weighted by atomic mass is 10.1. The number of hydrogen-bond acceptors (Lipinski definition) is 4. The van der Waals surface area contributed by atoms with Crippen LogP contribution in [0.1, 0.15) is 23.7 Å². The van der Waals surface area contributed by atoms with Crippen LogP contribution in [0, 0.1) is 0 Å². The molecule has 1 amide bonds. The fraction of sp³-hybridized carbons (Fsp3) is 0.385. The zero-order valence-electron chi connectivity index (χ0n) is 10.6. The number of hydrogen-bond donors (Lipinski definition) is 0. The Morgan fingerprint density at radius 1 is 1.11 bits per heavy atom. The molecule has 0 fully saturated rings. The fourth-order valence-electron chi connectivity index (χ4n) is 2.11. The summed E-state index contributed by atoms with van der Waals surface area (Å²) < 4.78 is 23.3. The first-order valence-electron chi connectivity index (χ1n) is 6.12. The zero-order valence-corrected chi connectivity index (χ0v) is 11.4. The molecule has 0 atom stereocenters. The summed E-state index contributed by atoms with van der Waals surface area (Å²) in [5.74, 6) is -1.23. The molecule has 0 bridgehead atoms. The Labute approximate surface area is 112 Å². The van der Waals surface area contributed by atoms with E-state index in [9.17, 15) is 18.0 Å². The number of sulfone groups is 1. The van der Waals surface area contributed by atoms with Crippen molar-refractivity contribution in [2.45, 2.75) is 13.3 Å². The van der Waals surface area contributed by atoms with Gasteiger partial charge in [0.15, 0.2) is 9.84 Å². The van der Waals surface area contributed by atoms with Gasteiger partial charge in [-0.05, 0) is 18.6 Å². The molecule has 1 aromatic carbocycles. The van der Waals surface area contributed by atoms with Gasteiger partial charge in [-0.15, -0.1) is 0 Å². The predicted octanol–water partition coefficient (Wildman–Crippen LogP) is 1.04. The number of anilines is 1. The second-order valence-corrected chi connectivity index (χ2v) is 6.76. The largest absolute Gasteiger partial charge is 0.304 e. The molecule has 0 saturated carbocycles. The number of fused-ring (bicyclic) bond motifs is 1. The molecule has 0 aliphatic carbocycles. The minimum atomic E-state index is -3.17. The lowest BCUT2D eigenvalue weighted by Crippen LogP contribution is -2.34. The van der Waals surface area contributed by atoms with Crippen molar-refractivity contribution in [3.05, 3.63) is 29.8 Å². The van der Waals surface area contributed by atoms with Crippen LogP contribution in [0.2, 0.25) is 0 Å². The smallest absolute Gasteiger partial charge is 0.299 e. The molecule has 0 N–H and O–H groups in total. The lowest BCUT2D eigenvalue weighted by molar-refractivity contribution is -0.114. The van der Waals surface area contributed by atoms with Crippen LogP contribution in [0.5, 0.6) is 0 Å². The molecular weight excluding hydrogens is 266 g/mol. The summed E-state index contributed by atoms with van der Waals surface area (Å²) in [6, 6.07) is 6.64. The number of rotatable bonds is 5. The molecule has 6 heteroatoms. The summed E-state index contributed by atoms with van der Waals surface area (Å²) in [7, 11) is -3.17. The highest BCUT2D eigenvalue weighted by Gasteiger charge is 2.35. The molecule has 1 aliphatic heterocycles. The normalized spacial score (nSPS) is 14.9. The summed E-state index contributed by atoms with van der Waals surface area (Å²) in [6.45, 7) is 1.82. The monoisotopic (exact) mass is 281 g/mol. The van der Waals surface area contributed by atoms with Crippen molar-refractivity contribution in [2.24, 2.45) is 0 Å². The number of nitrogens with zero attached hydrogens (tertiary/aromatic N) is 1. The number of benzene rings is 1. The van der Waals surface area contributed by atoms with E-state index in [0.29, 0.717) is 17.7 Å². The topological polar surface area (TPSA) is 71.5 Å². The number of carbonyl (C=O) groups is 2. The minimum absolute atomic E-state index is 0.0317. The number of Topliss-reactive ketones (excluding diaryl/α,β-unsaturated/α-hetero) is 1. The van der Waals surface area contributed by atoms with Crippen molar-refractivity contribution >= 4 is 27.2 Å². The third-order valence-electron chi connectivity index (χ3n) is 3.02. The molecule has 2 rings (SSSR count). The van der Waals surface area contributed by atoms with Crippen molar-refractivity contribution in [1.82, 2.24) is 0 Å². The van der Waals surface area contributed by atoms with Crippen LogP contribution in [-0.2, 0) is 14.6 Å². The Balaban J connectivity index is 2.18. The third kappa shape index (κ3) is 2.68. The Morgan fingerprint density at radius 2 is 1.79 bits per heavy atom. The van der Waals surface area contributed by atoms with E-state index < -0.39 is 21.5 Å². The van der Waals surface area contributed by atoms with Crippen molar-refractivity contribution in [3.8, 4) is 0 Å². The van der Waals surface area contributed by atoms with Gasteiger partial charge in [0.1, 0.15) is 0 Å². The molecule has 5 nitrogen and oxygen atoms in total. The van der Waals surface area contributed by atoms with Crippen LogP contribution in [0.4, 0.5) is 5.69 Å². The Kier molecular flexibility index (Phi) is 3.71. The number of carbonyl (C=O) groups excluding carboxylic acids is 2. The molecular formula is C13H15NO4S. The number of para-hydroxylation sites is 1. The molecule has 19 heavy (non-hydrogen) atoms. The first kappa shape index (κ1) is 13.7. The van der Waals surface area contributed by atoms with Gasteiger partial charge in [-0.2, -0.15) is 0 Å². The molecule has 0 aromatic heterocycles. The number of amides is 1. The quantitative estimate of drug-likeness (QED) is 0.756. The van der Waals surface area contributed by atoms with Crippen molar-refractivity contribution in [1.29, 1.82) is 0 Å². The van der Waals surface area contributed by atoms with Gasteiger partial charge in [-0.1, -0.05) is 19.1 Å². The molecule has 0 radical (unpaired) electrons. The first-order valence-corrected chi connectivity index (χ1v) is 7.94. The van der Waals surface area contributed by atoms with Crippen LogP contribution in [0.15, 0.2) is 24.3 Å². The van der Waals surface area contributed by atoms with E-state index in [0.717, 1.165) is 0 Å². The van der Waals surface area contributed by atoms with Crippen molar-refractivity contribution in [2.75, 3.05) is 23.0 Å². The van der Waals surface area contributed by atoms with E-state index in [2.05, 4.69) is 0 Å². The van der Waals surface area contributed by atoms with Crippen LogP contribution < -0.4 is 4.90 Å². The highest BCUT2D eigenvalue weighted by molar-refractivity contribution is 7.91. The fourth-order valence-corrected chi connectivity index (χ4v) is 3.40. The second-order valence-electron chi connectivity index (χ2n) is 4.45. The molecule has 1 heterocycles. The van der Waals surface area contributed by atoms with Gasteiger partial charge in [0.25, 0.3) is 11.7 Å². The van der Waals surface area contributed by atoms with Gasteiger partial charge in [0.2, 0.25) is 0 Å². The highest BCUT2D eigenvalue weighted by atomic mass is 32.2. The van der Waals surface area contributed by atoms with Gasteiger partial charge in [0, 0.05) is 12.3 Å². The maximum absolute atomic E-state index is 11.8. The average molecular weight is 281 g/mol. The van der Waals surface area contributed by atoms with E-state index >= 15 is 0 Å². The maximum Gasteiger partial charge on any atom is 0.299 e. The minimum Gasteiger partial charge on any atom is -0.304 e. The first-order chi connectivity index (χ1) is 8.96. The van der Waals surface area contributed by atoms with E-state index in [1.54, 1.807) is 31.2 Å². The summed E-state index contributed by atoms with van der Waals surface area (Å²) in [5, 5.41) is 0. The second kappa shape index (κ2) is 5.13. The maximum atomic E-state index is 11.8.